The van der Waals surface area contributed by atoms with E-state index in [0.717, 1.165) is 56.5 Å². The van der Waals surface area contributed by atoms with Crippen LogP contribution in [0.3, 0.4) is 0 Å². The lowest BCUT2D eigenvalue weighted by Gasteiger charge is -2.16. The maximum atomic E-state index is 13.0. The summed E-state index contributed by atoms with van der Waals surface area (Å²) in [5, 5.41) is 10.2. The van der Waals surface area contributed by atoms with Gasteiger partial charge in [-0.2, -0.15) is 0 Å². The molecule has 2 N–H and O–H groups in total. The third-order valence-corrected chi connectivity index (χ3v) is 7.20. The minimum atomic E-state index is -0.293. The smallest absolute Gasteiger partial charge is 0.259 e. The van der Waals surface area contributed by atoms with Crippen molar-refractivity contribution in [3.05, 3.63) is 59.7 Å². The molecule has 0 spiro atoms. The van der Waals surface area contributed by atoms with E-state index in [9.17, 15) is 9.59 Å². The zero-order chi connectivity index (χ0) is 19.7. The molecular weight excluding hydrogens is 376 g/mol. The zero-order valence-corrected chi connectivity index (χ0v) is 15.9. The van der Waals surface area contributed by atoms with Crippen LogP contribution in [0.15, 0.2) is 48.5 Å². The van der Waals surface area contributed by atoms with Gasteiger partial charge in [0.1, 0.15) is 0 Å². The standard InChI is InChI=1S/C24H16N4O2/c29-23-19-17-11-5-1-3-7-13(11)27-15-9-10-16(25-15)28-14-8-4-2-6-12(14)18(22(28)21(17)27)20(19)24(30)26-23/h1-8,15-16,25H,9-10H2,(H,26,29,30)/t15-,16+. The molecule has 3 aromatic carbocycles. The first kappa shape index (κ1) is 15.2. The van der Waals surface area contributed by atoms with E-state index in [4.69, 9.17) is 0 Å². The monoisotopic (exact) mass is 392 g/mol. The summed E-state index contributed by atoms with van der Waals surface area (Å²) in [6, 6.07) is 16.5. The van der Waals surface area contributed by atoms with Crippen LogP contribution in [0.1, 0.15) is 45.9 Å². The SMILES string of the molecule is O=C1NC(=O)c2c1c1c3ccccc3n3c1c1c2c2ccccc2n1[C@H]1CC[C@@H]3N1. The van der Waals surface area contributed by atoms with E-state index in [1.807, 2.05) is 24.3 Å². The van der Waals surface area contributed by atoms with E-state index in [1.54, 1.807) is 0 Å². The molecule has 1 saturated heterocycles. The van der Waals surface area contributed by atoms with Crippen molar-refractivity contribution >= 4 is 55.4 Å². The van der Waals surface area contributed by atoms with Crippen LogP contribution < -0.4 is 10.6 Å². The molecule has 2 aromatic heterocycles. The molecule has 2 atom stereocenters. The van der Waals surface area contributed by atoms with Gasteiger partial charge in [-0.15, -0.1) is 0 Å². The van der Waals surface area contributed by atoms with E-state index in [1.165, 1.54) is 0 Å². The van der Waals surface area contributed by atoms with Crippen molar-refractivity contribution < 1.29 is 9.59 Å². The topological polar surface area (TPSA) is 68.1 Å². The highest BCUT2D eigenvalue weighted by Gasteiger charge is 2.41. The molecule has 8 rings (SSSR count). The van der Waals surface area contributed by atoms with Gasteiger partial charge in [-0.05, 0) is 25.0 Å². The number of nitrogens with one attached hydrogen (secondary N) is 2. The second-order valence-corrected chi connectivity index (χ2v) is 8.53. The van der Waals surface area contributed by atoms with Gasteiger partial charge in [0.2, 0.25) is 0 Å². The normalized spacial score (nSPS) is 22.0. The fourth-order valence-corrected chi connectivity index (χ4v) is 6.19. The number of rotatable bonds is 0. The number of para-hydroxylation sites is 2. The molecule has 0 radical (unpaired) electrons. The Labute approximate surface area is 170 Å². The fourth-order valence-electron chi connectivity index (χ4n) is 6.19. The van der Waals surface area contributed by atoms with Gasteiger partial charge in [-0.3, -0.25) is 20.2 Å². The lowest BCUT2D eigenvalue weighted by molar-refractivity contribution is 0.0880. The Bertz CT molecular complexity index is 1530. The highest BCUT2D eigenvalue weighted by molar-refractivity contribution is 6.39. The van der Waals surface area contributed by atoms with Crippen molar-refractivity contribution in [1.29, 1.82) is 0 Å². The first-order valence-corrected chi connectivity index (χ1v) is 10.4. The molecule has 0 unspecified atom stereocenters. The summed E-state index contributed by atoms with van der Waals surface area (Å²) in [6.45, 7) is 0. The summed E-state index contributed by atoms with van der Waals surface area (Å²) in [5.74, 6) is -0.585. The fraction of sp³-hybridized carbons (Fsp3) is 0.167. The molecule has 30 heavy (non-hydrogen) atoms. The number of imide groups is 1. The Kier molecular flexibility index (Phi) is 2.41. The van der Waals surface area contributed by atoms with E-state index in [0.29, 0.717) is 11.1 Å². The van der Waals surface area contributed by atoms with Gasteiger partial charge in [0.25, 0.3) is 11.8 Å². The minimum Gasteiger partial charge on any atom is -0.322 e. The average molecular weight is 392 g/mol. The van der Waals surface area contributed by atoms with Crippen molar-refractivity contribution in [2.75, 3.05) is 0 Å². The van der Waals surface area contributed by atoms with Crippen molar-refractivity contribution in [1.82, 2.24) is 19.8 Å². The van der Waals surface area contributed by atoms with Crippen molar-refractivity contribution in [3.63, 3.8) is 0 Å². The molecule has 1 fully saturated rings. The molecule has 0 saturated carbocycles. The maximum Gasteiger partial charge on any atom is 0.259 e. The Morgan fingerprint density at radius 1 is 0.700 bits per heavy atom. The highest BCUT2D eigenvalue weighted by Crippen LogP contribution is 2.50. The molecule has 2 amide bonds. The third kappa shape index (κ3) is 1.46. The summed E-state index contributed by atoms with van der Waals surface area (Å²) in [7, 11) is 0. The number of aromatic nitrogens is 2. The largest absolute Gasteiger partial charge is 0.322 e. The number of hydrogen-bond acceptors (Lipinski definition) is 3. The molecule has 3 aliphatic rings. The number of fused-ring (bicyclic) bond motifs is 13. The van der Waals surface area contributed by atoms with Gasteiger partial charge >= 0.3 is 0 Å². The Morgan fingerprint density at radius 2 is 1.17 bits per heavy atom. The third-order valence-electron chi connectivity index (χ3n) is 7.20. The van der Waals surface area contributed by atoms with Crippen LogP contribution >= 0.6 is 0 Å². The number of benzene rings is 3. The van der Waals surface area contributed by atoms with Crippen LogP contribution in [0.5, 0.6) is 0 Å². The van der Waals surface area contributed by atoms with Crippen LogP contribution in [0, 0.1) is 0 Å². The molecule has 3 aliphatic heterocycles. The molecular formula is C24H16N4O2. The number of carbonyl (C=O) groups is 2. The van der Waals surface area contributed by atoms with E-state index < -0.39 is 0 Å². The zero-order valence-electron chi connectivity index (χ0n) is 15.9. The average Bonchev–Trinajstić information content (AvgIpc) is 3.46. The van der Waals surface area contributed by atoms with Crippen molar-refractivity contribution in [2.45, 2.75) is 25.2 Å². The van der Waals surface area contributed by atoms with Crippen molar-refractivity contribution in [3.8, 4) is 0 Å². The van der Waals surface area contributed by atoms with Gasteiger partial charge in [-0.25, -0.2) is 0 Å². The van der Waals surface area contributed by atoms with Crippen LogP contribution in [0.2, 0.25) is 0 Å². The van der Waals surface area contributed by atoms with Gasteiger partial charge in [0.05, 0.1) is 45.5 Å². The number of hydrogen-bond donors (Lipinski definition) is 2. The number of nitrogens with zero attached hydrogens (tertiary/aromatic N) is 2. The predicted octanol–water partition coefficient (Wildman–Crippen LogP) is 4.18. The van der Waals surface area contributed by atoms with Crippen LogP contribution in [-0.2, 0) is 0 Å². The summed E-state index contributed by atoms with van der Waals surface area (Å²) in [5.41, 5.74) is 5.38. The van der Waals surface area contributed by atoms with Gasteiger partial charge < -0.3 is 9.13 Å². The molecule has 144 valence electrons. The van der Waals surface area contributed by atoms with Crippen LogP contribution in [0.4, 0.5) is 0 Å². The van der Waals surface area contributed by atoms with Gasteiger partial charge in [-0.1, -0.05) is 36.4 Å². The van der Waals surface area contributed by atoms with Gasteiger partial charge in [0, 0.05) is 21.5 Å². The number of amides is 2. The second-order valence-electron chi connectivity index (χ2n) is 8.53. The van der Waals surface area contributed by atoms with E-state index in [-0.39, 0.29) is 24.1 Å². The molecule has 2 bridgehead atoms. The van der Waals surface area contributed by atoms with Crippen LogP contribution in [0.25, 0.3) is 43.6 Å². The first-order chi connectivity index (χ1) is 14.7. The highest BCUT2D eigenvalue weighted by atomic mass is 16.2. The lowest BCUT2D eigenvalue weighted by atomic mass is 9.96. The Morgan fingerprint density at radius 3 is 1.67 bits per heavy atom. The predicted molar refractivity (Wildman–Crippen MR) is 115 cm³/mol. The quantitative estimate of drug-likeness (QED) is 0.389. The Hall–Kier alpha value is -3.64. The molecule has 6 heteroatoms. The second kappa shape index (κ2) is 4.74. The lowest BCUT2D eigenvalue weighted by Crippen LogP contribution is -2.23. The molecule has 6 nitrogen and oxygen atoms in total. The Balaban J connectivity index is 1.83. The maximum absolute atomic E-state index is 13.0. The summed E-state index contributed by atoms with van der Waals surface area (Å²) in [4.78, 5) is 26.1. The number of carbonyl (C=O) groups excluding carboxylic acids is 2. The molecule has 0 aliphatic carbocycles. The summed E-state index contributed by atoms with van der Waals surface area (Å²) < 4.78 is 4.73. The van der Waals surface area contributed by atoms with Gasteiger partial charge in [0.15, 0.2) is 0 Å². The summed E-state index contributed by atoms with van der Waals surface area (Å²) in [6.07, 6.45) is 2.37. The van der Waals surface area contributed by atoms with Crippen molar-refractivity contribution in [2.24, 2.45) is 0 Å². The molecule has 5 aromatic rings. The van der Waals surface area contributed by atoms with Crippen LogP contribution in [-0.4, -0.2) is 20.9 Å². The molecule has 5 heterocycles. The first-order valence-electron chi connectivity index (χ1n) is 10.4. The van der Waals surface area contributed by atoms with E-state index >= 15 is 0 Å². The minimum absolute atomic E-state index is 0.164. The summed E-state index contributed by atoms with van der Waals surface area (Å²) >= 11 is 0. The van der Waals surface area contributed by atoms with E-state index in [2.05, 4.69) is 44.0 Å².